The maximum Gasteiger partial charge on any atom is 0.330 e. The van der Waals surface area contributed by atoms with Crippen molar-refractivity contribution in [3.8, 4) is 28.7 Å². The lowest BCUT2D eigenvalue weighted by atomic mass is 10.0. The summed E-state index contributed by atoms with van der Waals surface area (Å²) in [6.45, 7) is 3.46. The molecular weight excluding hydrogens is 560 g/mol. The second-order valence-electron chi connectivity index (χ2n) is 8.97. The van der Waals surface area contributed by atoms with Crippen molar-refractivity contribution in [2.45, 2.75) is 33.0 Å². The van der Waals surface area contributed by atoms with Crippen LogP contribution in [0, 0.1) is 0 Å². The van der Waals surface area contributed by atoms with Gasteiger partial charge in [-0.25, -0.2) is 4.79 Å². The second kappa shape index (κ2) is 15.6. The smallest absolute Gasteiger partial charge is 0.330 e. The highest BCUT2D eigenvalue weighted by molar-refractivity contribution is 5.87. The van der Waals surface area contributed by atoms with Crippen molar-refractivity contribution in [2.24, 2.45) is 0 Å². The number of para-hydroxylation sites is 2. The summed E-state index contributed by atoms with van der Waals surface area (Å²) >= 11 is 0. The number of hydrogen-bond donors (Lipinski definition) is 0. The average molecular weight is 593 g/mol. The Balaban J connectivity index is 1.89. The van der Waals surface area contributed by atoms with Crippen LogP contribution in [0.15, 0.2) is 72.8 Å². The van der Waals surface area contributed by atoms with Gasteiger partial charge in [0.1, 0.15) is 12.4 Å². The molecule has 0 unspecified atom stereocenters. The minimum Gasteiger partial charge on any atom is -0.493 e. The molecule has 0 aliphatic carbocycles. The number of rotatable bonds is 13. The first-order valence-corrected chi connectivity index (χ1v) is 13.1. The lowest BCUT2D eigenvalue weighted by molar-refractivity contribution is -0.156. The molecule has 0 amide bonds. The van der Waals surface area contributed by atoms with Gasteiger partial charge in [0.25, 0.3) is 0 Å². The van der Waals surface area contributed by atoms with Gasteiger partial charge in [-0.05, 0) is 48.0 Å². The molecule has 0 bridgehead atoms. The molecule has 0 fully saturated rings. The molecule has 0 radical (unpaired) electrons. The van der Waals surface area contributed by atoms with E-state index in [1.165, 1.54) is 59.3 Å². The zero-order chi connectivity index (χ0) is 31.4. The third kappa shape index (κ3) is 9.92. The van der Waals surface area contributed by atoms with Gasteiger partial charge in [-0.2, -0.15) is 0 Å². The van der Waals surface area contributed by atoms with Crippen molar-refractivity contribution in [2.75, 3.05) is 20.8 Å². The standard InChI is InChI=1S/C32H32O11/c1-20(33)40-25-14-10-23(11-15-25)12-17-31(36)39-19-30(43-27-9-7-6-8-26(27)37-4)32(42-22(3)35)24-13-16-28(41-21(2)34)29(18-24)38-5/h6-18,30,32H,19H2,1-5H3/b17-12+/t30-,32-/m1/s1. The Kier molecular flexibility index (Phi) is 11.7. The van der Waals surface area contributed by atoms with Crippen molar-refractivity contribution in [3.63, 3.8) is 0 Å². The fraction of sp³-hybridized carbons (Fsp3) is 0.250. The van der Waals surface area contributed by atoms with E-state index in [-0.39, 0.29) is 18.1 Å². The third-order valence-electron chi connectivity index (χ3n) is 5.69. The van der Waals surface area contributed by atoms with Crippen molar-refractivity contribution >= 4 is 30.0 Å². The summed E-state index contributed by atoms with van der Waals surface area (Å²) in [6.07, 6.45) is 0.606. The predicted molar refractivity (Wildman–Crippen MR) is 154 cm³/mol. The lowest BCUT2D eigenvalue weighted by Crippen LogP contribution is -2.34. The van der Waals surface area contributed by atoms with Gasteiger partial charge >= 0.3 is 23.9 Å². The molecule has 0 saturated heterocycles. The molecule has 0 aliphatic rings. The van der Waals surface area contributed by atoms with Crippen LogP contribution < -0.4 is 23.7 Å². The minimum absolute atomic E-state index is 0.167. The van der Waals surface area contributed by atoms with E-state index in [1.807, 2.05) is 0 Å². The summed E-state index contributed by atoms with van der Waals surface area (Å²) in [7, 11) is 2.87. The number of benzene rings is 3. The van der Waals surface area contributed by atoms with E-state index in [4.69, 9.17) is 33.2 Å². The average Bonchev–Trinajstić information content (AvgIpc) is 2.97. The van der Waals surface area contributed by atoms with Crippen LogP contribution in [0.4, 0.5) is 0 Å². The number of carbonyl (C=O) groups excluding carboxylic acids is 4. The van der Waals surface area contributed by atoms with E-state index < -0.39 is 36.1 Å². The number of methoxy groups -OCH3 is 2. The summed E-state index contributed by atoms with van der Waals surface area (Å²) in [4.78, 5) is 47.5. The molecule has 0 aromatic heterocycles. The quantitative estimate of drug-likeness (QED) is 0.153. The molecule has 0 heterocycles. The van der Waals surface area contributed by atoms with E-state index in [2.05, 4.69) is 0 Å². The molecule has 3 rings (SSSR count). The Morgan fingerprint density at radius 1 is 0.721 bits per heavy atom. The first kappa shape index (κ1) is 32.2. The molecule has 0 aliphatic heterocycles. The Labute approximate surface area is 248 Å². The van der Waals surface area contributed by atoms with Crippen molar-refractivity contribution in [1.29, 1.82) is 0 Å². The molecule has 43 heavy (non-hydrogen) atoms. The van der Waals surface area contributed by atoms with Crippen molar-refractivity contribution in [1.82, 2.24) is 0 Å². The minimum atomic E-state index is -1.09. The molecule has 11 heteroatoms. The highest BCUT2D eigenvalue weighted by Gasteiger charge is 2.31. The summed E-state index contributed by atoms with van der Waals surface area (Å²) in [5.41, 5.74) is 1.08. The van der Waals surface area contributed by atoms with Gasteiger partial charge in [-0.3, -0.25) is 14.4 Å². The second-order valence-corrected chi connectivity index (χ2v) is 8.97. The van der Waals surface area contributed by atoms with Gasteiger partial charge < -0.3 is 33.2 Å². The summed E-state index contributed by atoms with van der Waals surface area (Å²) in [5, 5.41) is 0. The van der Waals surface area contributed by atoms with E-state index in [0.29, 0.717) is 28.4 Å². The van der Waals surface area contributed by atoms with Crippen molar-refractivity contribution < 1.29 is 52.3 Å². The normalized spacial score (nSPS) is 12.0. The molecule has 11 nitrogen and oxygen atoms in total. The monoisotopic (exact) mass is 592 g/mol. The first-order valence-electron chi connectivity index (χ1n) is 13.1. The third-order valence-corrected chi connectivity index (χ3v) is 5.69. The highest BCUT2D eigenvalue weighted by atomic mass is 16.6. The van der Waals surface area contributed by atoms with E-state index in [1.54, 1.807) is 54.6 Å². The lowest BCUT2D eigenvalue weighted by Gasteiger charge is -2.28. The number of hydrogen-bond acceptors (Lipinski definition) is 11. The molecule has 0 N–H and O–H groups in total. The SMILES string of the molecule is COc1cc([C@@H](OC(C)=O)[C@@H](COC(=O)/C=C/c2ccc(OC(C)=O)cc2)Oc2ccccc2OC)ccc1OC(C)=O. The van der Waals surface area contributed by atoms with E-state index >= 15 is 0 Å². The molecule has 226 valence electrons. The summed E-state index contributed by atoms with van der Waals surface area (Å²) in [5.74, 6) is -0.830. The van der Waals surface area contributed by atoms with Crippen LogP contribution in [0.3, 0.4) is 0 Å². The Morgan fingerprint density at radius 2 is 1.37 bits per heavy atom. The van der Waals surface area contributed by atoms with Gasteiger partial charge in [0, 0.05) is 32.4 Å². The maximum atomic E-state index is 12.7. The molecule has 3 aromatic rings. The van der Waals surface area contributed by atoms with Crippen LogP contribution in [0.1, 0.15) is 38.0 Å². The predicted octanol–water partition coefficient (Wildman–Crippen LogP) is 4.86. The number of carbonyl (C=O) groups is 4. The van der Waals surface area contributed by atoms with Crippen LogP contribution in [0.2, 0.25) is 0 Å². The van der Waals surface area contributed by atoms with E-state index in [0.717, 1.165) is 0 Å². The van der Waals surface area contributed by atoms with Gasteiger partial charge in [-0.1, -0.05) is 30.3 Å². The largest absolute Gasteiger partial charge is 0.493 e. The summed E-state index contributed by atoms with van der Waals surface area (Å²) < 4.78 is 38.3. The molecule has 2 atom stereocenters. The van der Waals surface area contributed by atoms with Crippen LogP contribution in [0.5, 0.6) is 28.7 Å². The van der Waals surface area contributed by atoms with Crippen LogP contribution in [-0.4, -0.2) is 50.8 Å². The molecule has 0 spiro atoms. The van der Waals surface area contributed by atoms with Crippen LogP contribution in [0.25, 0.3) is 6.08 Å². The Hall–Kier alpha value is -5.32. The summed E-state index contributed by atoms with van der Waals surface area (Å²) in [6, 6.07) is 17.9. The zero-order valence-electron chi connectivity index (χ0n) is 24.4. The fourth-order valence-electron chi connectivity index (χ4n) is 3.89. The fourth-order valence-corrected chi connectivity index (χ4v) is 3.89. The van der Waals surface area contributed by atoms with Gasteiger partial charge in [0.15, 0.2) is 35.2 Å². The Bertz CT molecular complexity index is 1460. The first-order chi connectivity index (χ1) is 20.6. The van der Waals surface area contributed by atoms with Gasteiger partial charge in [0.05, 0.1) is 14.2 Å². The molecule has 3 aromatic carbocycles. The van der Waals surface area contributed by atoms with E-state index in [9.17, 15) is 19.2 Å². The zero-order valence-corrected chi connectivity index (χ0v) is 24.4. The topological polar surface area (TPSA) is 133 Å². The number of ether oxygens (including phenoxy) is 7. The van der Waals surface area contributed by atoms with Gasteiger partial charge in [0.2, 0.25) is 0 Å². The van der Waals surface area contributed by atoms with Crippen LogP contribution >= 0.6 is 0 Å². The molecule has 0 saturated carbocycles. The van der Waals surface area contributed by atoms with Crippen molar-refractivity contribution in [3.05, 3.63) is 83.9 Å². The number of esters is 4. The highest BCUT2D eigenvalue weighted by Crippen LogP contribution is 2.36. The maximum absolute atomic E-state index is 12.7. The Morgan fingerprint density at radius 3 is 1.98 bits per heavy atom. The molecular formula is C32H32O11. The van der Waals surface area contributed by atoms with Gasteiger partial charge in [-0.15, -0.1) is 0 Å². The van der Waals surface area contributed by atoms with Crippen LogP contribution in [-0.2, 0) is 28.7 Å².